The van der Waals surface area contributed by atoms with E-state index in [9.17, 15) is 10.1 Å². The monoisotopic (exact) mass is 270 g/mol. The predicted molar refractivity (Wildman–Crippen MR) is 79.7 cm³/mol. The summed E-state index contributed by atoms with van der Waals surface area (Å²) < 4.78 is 0. The van der Waals surface area contributed by atoms with Gasteiger partial charge in [-0.1, -0.05) is 42.0 Å². The van der Waals surface area contributed by atoms with Gasteiger partial charge in [0.2, 0.25) is 0 Å². The molecule has 0 aromatic heterocycles. The number of hydrogen-bond donors (Lipinski definition) is 1. The van der Waals surface area contributed by atoms with E-state index in [1.54, 1.807) is 12.1 Å². The first-order valence-corrected chi connectivity index (χ1v) is 6.65. The molecule has 0 atom stereocenters. The van der Waals surface area contributed by atoms with Gasteiger partial charge in [0.25, 0.3) is 5.69 Å². The standard InChI is InChI=1S/C16H18N2O2/c1-13-3-2-4-14(11-13)9-10-17-12-15-5-7-16(8-6-15)18(19)20/h2-8,11,17H,9-10,12H2,1H3. The van der Waals surface area contributed by atoms with Crippen LogP contribution in [0.15, 0.2) is 48.5 Å². The van der Waals surface area contributed by atoms with Gasteiger partial charge in [0.1, 0.15) is 0 Å². The summed E-state index contributed by atoms with van der Waals surface area (Å²) in [6.45, 7) is 3.71. The fourth-order valence-electron chi connectivity index (χ4n) is 2.07. The molecule has 0 amide bonds. The Labute approximate surface area is 118 Å². The molecule has 104 valence electrons. The molecule has 0 saturated heterocycles. The van der Waals surface area contributed by atoms with Crippen molar-refractivity contribution in [1.29, 1.82) is 0 Å². The topological polar surface area (TPSA) is 55.2 Å². The van der Waals surface area contributed by atoms with Crippen LogP contribution in [0.25, 0.3) is 0 Å². The Morgan fingerprint density at radius 1 is 1.10 bits per heavy atom. The van der Waals surface area contributed by atoms with Crippen molar-refractivity contribution in [3.8, 4) is 0 Å². The lowest BCUT2D eigenvalue weighted by Crippen LogP contribution is -2.16. The van der Waals surface area contributed by atoms with Crippen molar-refractivity contribution < 1.29 is 4.92 Å². The van der Waals surface area contributed by atoms with Crippen LogP contribution in [0.5, 0.6) is 0 Å². The second kappa shape index (κ2) is 6.82. The molecule has 0 aliphatic heterocycles. The highest BCUT2D eigenvalue weighted by Gasteiger charge is 2.03. The summed E-state index contributed by atoms with van der Waals surface area (Å²) in [4.78, 5) is 10.2. The minimum atomic E-state index is -0.380. The van der Waals surface area contributed by atoms with Crippen molar-refractivity contribution in [3.05, 3.63) is 75.3 Å². The number of nitro benzene ring substituents is 1. The number of aryl methyl sites for hydroxylation is 1. The second-order valence-corrected chi connectivity index (χ2v) is 4.84. The van der Waals surface area contributed by atoms with Crippen molar-refractivity contribution >= 4 is 5.69 Å². The molecule has 2 rings (SSSR count). The van der Waals surface area contributed by atoms with Gasteiger partial charge in [-0.25, -0.2) is 0 Å². The maximum atomic E-state index is 10.5. The van der Waals surface area contributed by atoms with E-state index in [0.29, 0.717) is 0 Å². The second-order valence-electron chi connectivity index (χ2n) is 4.84. The molecule has 2 aromatic carbocycles. The number of nitrogens with one attached hydrogen (secondary N) is 1. The van der Waals surface area contributed by atoms with Crippen LogP contribution in [-0.2, 0) is 13.0 Å². The Bertz CT molecular complexity index is 579. The highest BCUT2D eigenvalue weighted by atomic mass is 16.6. The molecule has 0 unspecified atom stereocenters. The summed E-state index contributed by atoms with van der Waals surface area (Å²) in [6, 6.07) is 15.1. The lowest BCUT2D eigenvalue weighted by molar-refractivity contribution is -0.384. The molecule has 1 N–H and O–H groups in total. The minimum Gasteiger partial charge on any atom is -0.312 e. The normalized spacial score (nSPS) is 10.4. The number of nitro groups is 1. The van der Waals surface area contributed by atoms with Crippen molar-refractivity contribution in [2.24, 2.45) is 0 Å². The van der Waals surface area contributed by atoms with Gasteiger partial charge in [-0.2, -0.15) is 0 Å². The molecule has 0 aliphatic carbocycles. The van der Waals surface area contributed by atoms with Gasteiger partial charge in [0.05, 0.1) is 4.92 Å². The summed E-state index contributed by atoms with van der Waals surface area (Å²) in [5.74, 6) is 0. The molecule has 0 saturated carbocycles. The van der Waals surface area contributed by atoms with Crippen molar-refractivity contribution in [1.82, 2.24) is 5.32 Å². The summed E-state index contributed by atoms with van der Waals surface area (Å²) in [6.07, 6.45) is 0.981. The van der Waals surface area contributed by atoms with Crippen LogP contribution < -0.4 is 5.32 Å². The molecule has 0 heterocycles. The molecule has 0 radical (unpaired) electrons. The zero-order chi connectivity index (χ0) is 14.4. The first-order chi connectivity index (χ1) is 9.65. The minimum absolute atomic E-state index is 0.133. The highest BCUT2D eigenvalue weighted by molar-refractivity contribution is 5.32. The summed E-state index contributed by atoms with van der Waals surface area (Å²) >= 11 is 0. The summed E-state index contributed by atoms with van der Waals surface area (Å²) in [5.41, 5.74) is 3.78. The number of nitrogens with zero attached hydrogens (tertiary/aromatic N) is 1. The average molecular weight is 270 g/mol. The van der Waals surface area contributed by atoms with E-state index in [1.165, 1.54) is 23.3 Å². The summed E-state index contributed by atoms with van der Waals surface area (Å²) in [7, 11) is 0. The average Bonchev–Trinajstić information content (AvgIpc) is 2.44. The van der Waals surface area contributed by atoms with Crippen molar-refractivity contribution in [2.45, 2.75) is 19.9 Å². The van der Waals surface area contributed by atoms with Gasteiger partial charge in [-0.05, 0) is 31.0 Å². The van der Waals surface area contributed by atoms with E-state index in [2.05, 4.69) is 36.5 Å². The zero-order valence-corrected chi connectivity index (χ0v) is 11.5. The van der Waals surface area contributed by atoms with Gasteiger partial charge < -0.3 is 5.32 Å². The van der Waals surface area contributed by atoms with Crippen LogP contribution in [-0.4, -0.2) is 11.5 Å². The van der Waals surface area contributed by atoms with Gasteiger partial charge in [0, 0.05) is 18.7 Å². The number of hydrogen-bond acceptors (Lipinski definition) is 3. The molecule has 4 nitrogen and oxygen atoms in total. The predicted octanol–water partition coefficient (Wildman–Crippen LogP) is 3.24. The van der Waals surface area contributed by atoms with Gasteiger partial charge in [-0.3, -0.25) is 10.1 Å². The molecule has 0 aliphatic rings. The zero-order valence-electron chi connectivity index (χ0n) is 11.5. The Balaban J connectivity index is 1.77. The Morgan fingerprint density at radius 3 is 2.50 bits per heavy atom. The number of benzene rings is 2. The van der Waals surface area contributed by atoms with Crippen molar-refractivity contribution in [3.63, 3.8) is 0 Å². The fraction of sp³-hybridized carbons (Fsp3) is 0.250. The largest absolute Gasteiger partial charge is 0.312 e. The lowest BCUT2D eigenvalue weighted by atomic mass is 10.1. The summed E-state index contributed by atoms with van der Waals surface area (Å²) in [5, 5.41) is 13.9. The van der Waals surface area contributed by atoms with E-state index in [4.69, 9.17) is 0 Å². The quantitative estimate of drug-likeness (QED) is 0.498. The SMILES string of the molecule is Cc1cccc(CCNCc2ccc([N+](=O)[O-])cc2)c1. The molecule has 0 bridgehead atoms. The Hall–Kier alpha value is -2.20. The smallest absolute Gasteiger partial charge is 0.269 e. The fourth-order valence-corrected chi connectivity index (χ4v) is 2.07. The van der Waals surface area contributed by atoms with Crippen LogP contribution >= 0.6 is 0 Å². The maximum Gasteiger partial charge on any atom is 0.269 e. The van der Waals surface area contributed by atoms with E-state index in [1.807, 2.05) is 0 Å². The van der Waals surface area contributed by atoms with Gasteiger partial charge in [0.15, 0.2) is 0 Å². The first-order valence-electron chi connectivity index (χ1n) is 6.65. The highest BCUT2D eigenvalue weighted by Crippen LogP contribution is 2.11. The Morgan fingerprint density at radius 2 is 1.85 bits per heavy atom. The van der Waals surface area contributed by atoms with E-state index in [0.717, 1.165) is 25.1 Å². The molecular formula is C16H18N2O2. The Kier molecular flexibility index (Phi) is 4.85. The van der Waals surface area contributed by atoms with Crippen LogP contribution in [0, 0.1) is 17.0 Å². The van der Waals surface area contributed by atoms with Gasteiger partial charge in [-0.15, -0.1) is 0 Å². The number of rotatable bonds is 6. The van der Waals surface area contributed by atoms with E-state index >= 15 is 0 Å². The third kappa shape index (κ3) is 4.17. The molecular weight excluding hydrogens is 252 g/mol. The third-order valence-corrected chi connectivity index (χ3v) is 3.15. The van der Waals surface area contributed by atoms with Gasteiger partial charge >= 0.3 is 0 Å². The number of non-ortho nitro benzene ring substituents is 1. The molecule has 0 spiro atoms. The molecule has 20 heavy (non-hydrogen) atoms. The molecule has 0 fully saturated rings. The maximum absolute atomic E-state index is 10.5. The first kappa shape index (κ1) is 14.2. The van der Waals surface area contributed by atoms with Crippen LogP contribution in [0.4, 0.5) is 5.69 Å². The van der Waals surface area contributed by atoms with Crippen LogP contribution in [0.3, 0.4) is 0 Å². The van der Waals surface area contributed by atoms with Crippen molar-refractivity contribution in [2.75, 3.05) is 6.54 Å². The molecule has 2 aromatic rings. The van der Waals surface area contributed by atoms with E-state index < -0.39 is 0 Å². The lowest BCUT2D eigenvalue weighted by Gasteiger charge is -2.06. The van der Waals surface area contributed by atoms with Crippen LogP contribution in [0.2, 0.25) is 0 Å². The molecule has 4 heteroatoms. The van der Waals surface area contributed by atoms with E-state index in [-0.39, 0.29) is 10.6 Å². The third-order valence-electron chi connectivity index (χ3n) is 3.15. The van der Waals surface area contributed by atoms with Crippen LogP contribution in [0.1, 0.15) is 16.7 Å².